The van der Waals surface area contributed by atoms with Gasteiger partial charge in [-0.3, -0.25) is 0 Å². The van der Waals surface area contributed by atoms with Crippen molar-refractivity contribution in [1.29, 1.82) is 0 Å². The van der Waals surface area contributed by atoms with Crippen LogP contribution in [0.4, 0.5) is 17.6 Å². The first kappa shape index (κ1) is 14.9. The van der Waals surface area contributed by atoms with Gasteiger partial charge in [0.2, 0.25) is 5.88 Å². The van der Waals surface area contributed by atoms with Crippen LogP contribution in [0, 0.1) is 5.82 Å². The highest BCUT2D eigenvalue weighted by Gasteiger charge is 2.31. The van der Waals surface area contributed by atoms with E-state index in [4.69, 9.17) is 27.9 Å². The zero-order valence-electron chi connectivity index (χ0n) is 9.51. The molecule has 1 heterocycles. The number of hydrogen-bond donors (Lipinski definition) is 0. The topological polar surface area (TPSA) is 22.1 Å². The average Bonchev–Trinajstić information content (AvgIpc) is 2.32. The first-order valence-electron chi connectivity index (χ1n) is 5.13. The van der Waals surface area contributed by atoms with Gasteiger partial charge >= 0.3 is 6.18 Å². The van der Waals surface area contributed by atoms with E-state index >= 15 is 0 Å². The van der Waals surface area contributed by atoms with E-state index in [2.05, 4.69) is 4.98 Å². The van der Waals surface area contributed by atoms with E-state index in [1.54, 1.807) is 0 Å². The molecule has 0 amide bonds. The Labute approximate surface area is 120 Å². The SMILES string of the molecule is Fc1cc(Oc2cc(C(F)(F)F)cc(Cl)n2)ccc1Cl. The normalized spacial score (nSPS) is 11.5. The number of alkyl halides is 3. The number of aromatic nitrogens is 1. The Kier molecular flexibility index (Phi) is 4.06. The number of hydrogen-bond acceptors (Lipinski definition) is 2. The van der Waals surface area contributed by atoms with Gasteiger partial charge in [0.15, 0.2) is 0 Å². The van der Waals surface area contributed by atoms with Crippen molar-refractivity contribution in [2.24, 2.45) is 0 Å². The quantitative estimate of drug-likeness (QED) is 0.549. The van der Waals surface area contributed by atoms with E-state index in [-0.39, 0.29) is 15.9 Å². The Morgan fingerprint density at radius 2 is 1.75 bits per heavy atom. The van der Waals surface area contributed by atoms with Crippen molar-refractivity contribution in [3.05, 3.63) is 51.9 Å². The highest BCUT2D eigenvalue weighted by molar-refractivity contribution is 6.30. The minimum atomic E-state index is -4.59. The van der Waals surface area contributed by atoms with Crippen LogP contribution < -0.4 is 4.74 Å². The molecular formula is C12H5Cl2F4NO. The third-order valence-corrected chi connectivity index (χ3v) is 2.71. The van der Waals surface area contributed by atoms with Crippen molar-refractivity contribution in [3.8, 4) is 11.6 Å². The molecule has 8 heteroatoms. The number of ether oxygens (including phenoxy) is 1. The fourth-order valence-electron chi connectivity index (χ4n) is 1.35. The van der Waals surface area contributed by atoms with E-state index in [1.807, 2.05) is 0 Å². The highest BCUT2D eigenvalue weighted by Crippen LogP contribution is 2.34. The summed E-state index contributed by atoms with van der Waals surface area (Å²) in [7, 11) is 0. The summed E-state index contributed by atoms with van der Waals surface area (Å²) in [5, 5.41) is -0.517. The van der Waals surface area contributed by atoms with Crippen LogP contribution in [-0.4, -0.2) is 4.98 Å². The zero-order valence-corrected chi connectivity index (χ0v) is 11.0. The van der Waals surface area contributed by atoms with Crippen LogP contribution in [0.5, 0.6) is 11.6 Å². The summed E-state index contributed by atoms with van der Waals surface area (Å²) in [6.45, 7) is 0. The van der Waals surface area contributed by atoms with Gasteiger partial charge in [0.25, 0.3) is 0 Å². The molecule has 2 nitrogen and oxygen atoms in total. The standard InChI is InChI=1S/C12H5Cl2F4NO/c13-8-2-1-7(5-9(8)15)20-11-4-6(12(16,17)18)3-10(14)19-11/h1-5H. The summed E-state index contributed by atoms with van der Waals surface area (Å²) in [4.78, 5) is 3.58. The number of pyridine rings is 1. The van der Waals surface area contributed by atoms with Gasteiger partial charge in [0, 0.05) is 12.1 Å². The second-order valence-corrected chi connectivity index (χ2v) is 4.49. The maximum atomic E-state index is 13.2. The third-order valence-electron chi connectivity index (χ3n) is 2.21. The van der Waals surface area contributed by atoms with Gasteiger partial charge in [-0.1, -0.05) is 23.2 Å². The summed E-state index contributed by atoms with van der Waals surface area (Å²) in [5.41, 5.74) is -1.01. The summed E-state index contributed by atoms with van der Waals surface area (Å²) < 4.78 is 56.0. The van der Waals surface area contributed by atoms with Gasteiger partial charge in [-0.25, -0.2) is 9.37 Å². The number of benzene rings is 1. The van der Waals surface area contributed by atoms with Crippen LogP contribution in [0.3, 0.4) is 0 Å². The Balaban J connectivity index is 2.33. The molecule has 0 saturated carbocycles. The lowest BCUT2D eigenvalue weighted by Crippen LogP contribution is -2.05. The summed E-state index contributed by atoms with van der Waals surface area (Å²) in [5.74, 6) is -1.21. The zero-order chi connectivity index (χ0) is 14.9. The maximum Gasteiger partial charge on any atom is 0.416 e. The Hall–Kier alpha value is -1.53. The van der Waals surface area contributed by atoms with Gasteiger partial charge in [-0.05, 0) is 18.2 Å². The van der Waals surface area contributed by atoms with Crippen LogP contribution in [0.1, 0.15) is 5.56 Å². The van der Waals surface area contributed by atoms with E-state index in [9.17, 15) is 17.6 Å². The molecule has 1 aromatic heterocycles. The largest absolute Gasteiger partial charge is 0.439 e. The number of nitrogens with zero attached hydrogens (tertiary/aromatic N) is 1. The first-order valence-corrected chi connectivity index (χ1v) is 5.89. The molecule has 2 rings (SSSR count). The van der Waals surface area contributed by atoms with Crippen LogP contribution in [0.25, 0.3) is 0 Å². The summed E-state index contributed by atoms with van der Waals surface area (Å²) in [6.07, 6.45) is -4.59. The molecule has 20 heavy (non-hydrogen) atoms. The molecule has 0 N–H and O–H groups in total. The van der Waals surface area contributed by atoms with Crippen molar-refractivity contribution in [2.75, 3.05) is 0 Å². The molecule has 1 aromatic carbocycles. The molecule has 0 saturated heterocycles. The van der Waals surface area contributed by atoms with Crippen molar-refractivity contribution >= 4 is 23.2 Å². The van der Waals surface area contributed by atoms with Crippen molar-refractivity contribution < 1.29 is 22.3 Å². The van der Waals surface area contributed by atoms with E-state index in [0.29, 0.717) is 12.1 Å². The maximum absolute atomic E-state index is 13.2. The van der Waals surface area contributed by atoms with E-state index < -0.39 is 23.4 Å². The molecule has 0 aliphatic rings. The molecule has 0 spiro atoms. The second kappa shape index (κ2) is 5.46. The van der Waals surface area contributed by atoms with Gasteiger partial charge in [0.1, 0.15) is 16.7 Å². The fourth-order valence-corrected chi connectivity index (χ4v) is 1.67. The predicted molar refractivity (Wildman–Crippen MR) is 65.7 cm³/mol. The Morgan fingerprint density at radius 1 is 1.05 bits per heavy atom. The van der Waals surface area contributed by atoms with E-state index in [0.717, 1.165) is 6.07 Å². The lowest BCUT2D eigenvalue weighted by molar-refractivity contribution is -0.137. The third kappa shape index (κ3) is 3.52. The Morgan fingerprint density at radius 3 is 2.35 bits per heavy atom. The Bertz CT molecular complexity index is 646. The highest BCUT2D eigenvalue weighted by atomic mass is 35.5. The molecular weight excluding hydrogens is 321 g/mol. The summed E-state index contributed by atoms with van der Waals surface area (Å²) >= 11 is 11.0. The van der Waals surface area contributed by atoms with Gasteiger partial charge in [-0.15, -0.1) is 0 Å². The smallest absolute Gasteiger partial charge is 0.416 e. The molecule has 0 radical (unpaired) electrons. The lowest BCUT2D eigenvalue weighted by atomic mass is 10.2. The van der Waals surface area contributed by atoms with Gasteiger partial charge in [0.05, 0.1) is 10.6 Å². The van der Waals surface area contributed by atoms with Crippen molar-refractivity contribution in [1.82, 2.24) is 4.98 Å². The molecule has 0 bridgehead atoms. The molecule has 0 unspecified atom stereocenters. The lowest BCUT2D eigenvalue weighted by Gasteiger charge is -2.10. The fraction of sp³-hybridized carbons (Fsp3) is 0.0833. The van der Waals surface area contributed by atoms with Crippen LogP contribution in [-0.2, 0) is 6.18 Å². The molecule has 0 fully saturated rings. The number of rotatable bonds is 2. The van der Waals surface area contributed by atoms with Crippen molar-refractivity contribution in [2.45, 2.75) is 6.18 Å². The number of halogens is 6. The minimum absolute atomic E-state index is 0.0465. The monoisotopic (exact) mass is 325 g/mol. The minimum Gasteiger partial charge on any atom is -0.439 e. The van der Waals surface area contributed by atoms with Crippen LogP contribution >= 0.6 is 23.2 Å². The van der Waals surface area contributed by atoms with Gasteiger partial charge in [-0.2, -0.15) is 13.2 Å². The van der Waals surface area contributed by atoms with Gasteiger partial charge < -0.3 is 4.74 Å². The second-order valence-electron chi connectivity index (χ2n) is 3.69. The average molecular weight is 326 g/mol. The predicted octanol–water partition coefficient (Wildman–Crippen LogP) is 5.34. The summed E-state index contributed by atoms with van der Waals surface area (Å²) in [6, 6.07) is 4.76. The molecule has 106 valence electrons. The molecule has 2 aromatic rings. The molecule has 0 aliphatic heterocycles. The first-order chi connectivity index (χ1) is 9.25. The molecule has 0 aliphatic carbocycles. The molecule has 0 atom stereocenters. The van der Waals surface area contributed by atoms with E-state index in [1.165, 1.54) is 12.1 Å². The van der Waals surface area contributed by atoms with Crippen molar-refractivity contribution in [3.63, 3.8) is 0 Å². The van der Waals surface area contributed by atoms with Crippen LogP contribution in [0.2, 0.25) is 10.2 Å². The van der Waals surface area contributed by atoms with Crippen LogP contribution in [0.15, 0.2) is 30.3 Å².